The largest absolute Gasteiger partial charge is 0.491 e. The van der Waals surface area contributed by atoms with Gasteiger partial charge in [-0.05, 0) is 0 Å². The number of methoxy groups -OCH3 is 1. The third kappa shape index (κ3) is 3.85. The summed E-state index contributed by atoms with van der Waals surface area (Å²) in [4.78, 5) is 16.3. The van der Waals surface area contributed by atoms with Gasteiger partial charge in [-0.25, -0.2) is 4.98 Å². The van der Waals surface area contributed by atoms with Gasteiger partial charge in [0.25, 0.3) is 0 Å². The number of nitrogens with one attached hydrogen (secondary N) is 1. The van der Waals surface area contributed by atoms with Crippen molar-refractivity contribution in [2.75, 3.05) is 69.8 Å². The molecule has 11 nitrogen and oxygen atoms in total. The Balaban J connectivity index is 1.32. The highest BCUT2D eigenvalue weighted by Gasteiger charge is 2.50. The molecular formula is C21H29N9O2. The van der Waals surface area contributed by atoms with E-state index in [9.17, 15) is 5.26 Å². The summed E-state index contributed by atoms with van der Waals surface area (Å²) in [6, 6.07) is 2.84. The fourth-order valence-corrected chi connectivity index (χ4v) is 4.97. The van der Waals surface area contributed by atoms with Crippen molar-refractivity contribution in [3.8, 4) is 11.8 Å². The Hall–Kier alpha value is -2.94. The minimum absolute atomic E-state index is 0.175. The zero-order valence-electron chi connectivity index (χ0n) is 18.6. The molecule has 0 saturated carbocycles. The second kappa shape index (κ2) is 8.54. The first-order valence-electron chi connectivity index (χ1n) is 11.0. The number of aryl methyl sites for hydroxylation is 1. The van der Waals surface area contributed by atoms with Gasteiger partial charge in [0.1, 0.15) is 0 Å². The van der Waals surface area contributed by atoms with E-state index >= 15 is 0 Å². The van der Waals surface area contributed by atoms with Crippen LogP contribution < -0.4 is 15.0 Å². The SMILES string of the molecule is COc1cnc(Nc2cnn(C)c2)nc1N1CC(CC#N)(N2CCN3CCOC[C@H]3C2)C1. The number of aromatic nitrogens is 4. The number of nitrogens with zero attached hydrogens (tertiary/aromatic N) is 8. The zero-order valence-corrected chi connectivity index (χ0v) is 18.6. The Bertz CT molecular complexity index is 997. The fraction of sp³-hybridized carbons (Fsp3) is 0.619. The van der Waals surface area contributed by atoms with Gasteiger partial charge in [0, 0.05) is 58.6 Å². The van der Waals surface area contributed by atoms with E-state index in [0.717, 1.165) is 64.0 Å². The normalized spacial score (nSPS) is 23.2. The Morgan fingerprint density at radius 3 is 2.94 bits per heavy atom. The number of ether oxygens (including phenoxy) is 2. The highest BCUT2D eigenvalue weighted by Crippen LogP contribution is 2.39. The molecule has 0 spiro atoms. The molecule has 5 rings (SSSR count). The van der Waals surface area contributed by atoms with Crippen LogP contribution in [-0.2, 0) is 11.8 Å². The average molecular weight is 440 g/mol. The molecule has 3 aliphatic rings. The Labute approximate surface area is 187 Å². The number of morpholine rings is 1. The Morgan fingerprint density at radius 2 is 2.19 bits per heavy atom. The number of rotatable bonds is 6. The molecule has 1 N–H and O–H groups in total. The molecule has 3 aliphatic heterocycles. The van der Waals surface area contributed by atoms with Crippen LogP contribution in [0.25, 0.3) is 0 Å². The molecule has 11 heteroatoms. The summed E-state index contributed by atoms with van der Waals surface area (Å²) in [7, 11) is 3.49. The number of hydrogen-bond acceptors (Lipinski definition) is 10. The van der Waals surface area contributed by atoms with Crippen LogP contribution >= 0.6 is 0 Å². The van der Waals surface area contributed by atoms with E-state index in [0.29, 0.717) is 24.2 Å². The number of anilines is 3. The monoisotopic (exact) mass is 439 g/mol. The molecule has 5 heterocycles. The Morgan fingerprint density at radius 1 is 1.31 bits per heavy atom. The van der Waals surface area contributed by atoms with Gasteiger partial charge < -0.3 is 19.7 Å². The lowest BCUT2D eigenvalue weighted by Gasteiger charge is -2.58. The molecule has 3 fully saturated rings. The number of fused-ring (bicyclic) bond motifs is 1. The number of piperazine rings is 1. The van der Waals surface area contributed by atoms with Crippen LogP contribution in [0.1, 0.15) is 6.42 Å². The van der Waals surface area contributed by atoms with Crippen LogP contribution in [0, 0.1) is 11.3 Å². The Kier molecular flexibility index (Phi) is 5.58. The molecule has 2 aromatic heterocycles. The average Bonchev–Trinajstić information content (AvgIpc) is 3.20. The molecule has 170 valence electrons. The summed E-state index contributed by atoms with van der Waals surface area (Å²) in [5, 5.41) is 17.0. The molecule has 0 aromatic carbocycles. The maximum absolute atomic E-state index is 9.60. The summed E-state index contributed by atoms with van der Waals surface area (Å²) in [6.07, 6.45) is 5.77. The summed E-state index contributed by atoms with van der Waals surface area (Å²) in [5.74, 6) is 1.85. The highest BCUT2D eigenvalue weighted by molar-refractivity contribution is 5.60. The van der Waals surface area contributed by atoms with Gasteiger partial charge in [-0.3, -0.25) is 14.5 Å². The van der Waals surface area contributed by atoms with Gasteiger partial charge in [-0.2, -0.15) is 15.3 Å². The van der Waals surface area contributed by atoms with Crippen molar-refractivity contribution in [3.05, 3.63) is 18.6 Å². The summed E-state index contributed by atoms with van der Waals surface area (Å²) < 4.78 is 13.0. The highest BCUT2D eigenvalue weighted by atomic mass is 16.5. The molecule has 0 unspecified atom stereocenters. The van der Waals surface area contributed by atoms with Crippen molar-refractivity contribution < 1.29 is 9.47 Å². The van der Waals surface area contributed by atoms with E-state index in [4.69, 9.17) is 14.5 Å². The first-order valence-corrected chi connectivity index (χ1v) is 11.0. The second-order valence-electron chi connectivity index (χ2n) is 8.74. The van der Waals surface area contributed by atoms with Crippen LogP contribution in [-0.4, -0.2) is 101 Å². The predicted octanol–water partition coefficient (Wildman–Crippen LogP) is 0.451. The summed E-state index contributed by atoms with van der Waals surface area (Å²) in [5.41, 5.74) is 0.643. The van der Waals surface area contributed by atoms with Crippen molar-refractivity contribution in [2.45, 2.75) is 18.0 Å². The lowest BCUT2D eigenvalue weighted by molar-refractivity contribution is -0.0753. The van der Waals surface area contributed by atoms with Crippen molar-refractivity contribution in [3.63, 3.8) is 0 Å². The summed E-state index contributed by atoms with van der Waals surface area (Å²) in [6.45, 7) is 6.98. The van der Waals surface area contributed by atoms with E-state index in [1.54, 1.807) is 24.2 Å². The molecule has 0 aliphatic carbocycles. The van der Waals surface area contributed by atoms with Crippen LogP contribution in [0.5, 0.6) is 5.75 Å². The maximum Gasteiger partial charge on any atom is 0.229 e. The minimum atomic E-state index is -0.175. The maximum atomic E-state index is 9.60. The van der Waals surface area contributed by atoms with Gasteiger partial charge in [-0.1, -0.05) is 0 Å². The van der Waals surface area contributed by atoms with Crippen LogP contribution in [0.2, 0.25) is 0 Å². The molecular weight excluding hydrogens is 410 g/mol. The smallest absolute Gasteiger partial charge is 0.229 e. The van der Waals surface area contributed by atoms with Crippen LogP contribution in [0.4, 0.5) is 17.5 Å². The molecule has 0 radical (unpaired) electrons. The first kappa shape index (κ1) is 20.9. The third-order valence-electron chi connectivity index (χ3n) is 6.70. The minimum Gasteiger partial charge on any atom is -0.491 e. The van der Waals surface area contributed by atoms with Gasteiger partial charge >= 0.3 is 0 Å². The van der Waals surface area contributed by atoms with E-state index in [1.165, 1.54) is 0 Å². The van der Waals surface area contributed by atoms with Crippen molar-refractivity contribution in [1.82, 2.24) is 29.5 Å². The lowest BCUT2D eigenvalue weighted by atomic mass is 9.83. The van der Waals surface area contributed by atoms with Crippen LogP contribution in [0.15, 0.2) is 18.6 Å². The van der Waals surface area contributed by atoms with Crippen LogP contribution in [0.3, 0.4) is 0 Å². The standard InChI is InChI=1S/C21H29N9O2/c1-27-11-16(9-24-27)25-20-23-10-18(31-2)19(26-20)29-14-21(15-29,3-4-22)30-6-5-28-7-8-32-13-17(28)12-30/h9-11,17H,3,5-8,12-15H2,1-2H3,(H,23,25,26)/t17-/m1/s1. The molecule has 0 bridgehead atoms. The summed E-state index contributed by atoms with van der Waals surface area (Å²) >= 11 is 0. The van der Waals surface area contributed by atoms with Gasteiger partial charge in [-0.15, -0.1) is 0 Å². The predicted molar refractivity (Wildman–Crippen MR) is 118 cm³/mol. The molecule has 2 aromatic rings. The third-order valence-corrected chi connectivity index (χ3v) is 6.70. The molecule has 32 heavy (non-hydrogen) atoms. The number of nitriles is 1. The van der Waals surface area contributed by atoms with E-state index < -0.39 is 0 Å². The molecule has 0 amide bonds. The van der Waals surface area contributed by atoms with Crippen molar-refractivity contribution >= 4 is 17.5 Å². The van der Waals surface area contributed by atoms with E-state index in [2.05, 4.69) is 36.2 Å². The van der Waals surface area contributed by atoms with Gasteiger partial charge in [0.2, 0.25) is 5.95 Å². The van der Waals surface area contributed by atoms with Crippen molar-refractivity contribution in [2.24, 2.45) is 7.05 Å². The molecule has 1 atom stereocenters. The topological polar surface area (TPSA) is 108 Å². The van der Waals surface area contributed by atoms with Gasteiger partial charge in [0.15, 0.2) is 11.6 Å². The number of hydrogen-bond donors (Lipinski definition) is 1. The van der Waals surface area contributed by atoms with E-state index in [-0.39, 0.29) is 5.54 Å². The second-order valence-corrected chi connectivity index (χ2v) is 8.74. The molecule has 3 saturated heterocycles. The first-order chi connectivity index (χ1) is 15.6. The quantitative estimate of drug-likeness (QED) is 0.682. The zero-order chi connectivity index (χ0) is 22.1. The fourth-order valence-electron chi connectivity index (χ4n) is 4.97. The van der Waals surface area contributed by atoms with E-state index in [1.807, 2.05) is 13.2 Å². The van der Waals surface area contributed by atoms with Gasteiger partial charge in [0.05, 0.1) is 56.4 Å². The lowest BCUT2D eigenvalue weighted by Crippen LogP contribution is -2.74. The van der Waals surface area contributed by atoms with Crippen molar-refractivity contribution in [1.29, 1.82) is 5.26 Å².